The molecule has 2 unspecified atom stereocenters. The van der Waals surface area contributed by atoms with E-state index in [-0.39, 0.29) is 17.6 Å². The van der Waals surface area contributed by atoms with E-state index in [1.807, 2.05) is 18.2 Å². The summed E-state index contributed by atoms with van der Waals surface area (Å²) in [5.41, 5.74) is 2.20. The maximum atomic E-state index is 14.1. The Morgan fingerprint density at radius 1 is 0.946 bits per heavy atom. The minimum atomic E-state index is -0.716. The van der Waals surface area contributed by atoms with Gasteiger partial charge in [-0.3, -0.25) is 9.69 Å². The number of aryl methyl sites for hydroxylation is 1. The molecular formula is C31H40F2N2O2. The van der Waals surface area contributed by atoms with Crippen LogP contribution in [-0.2, 0) is 11.2 Å². The molecular weight excluding hydrogens is 470 g/mol. The van der Waals surface area contributed by atoms with Gasteiger partial charge in [-0.25, -0.2) is 8.78 Å². The number of piperidine rings is 1. The van der Waals surface area contributed by atoms with E-state index in [0.717, 1.165) is 69.8 Å². The van der Waals surface area contributed by atoms with E-state index in [0.29, 0.717) is 18.4 Å². The number of benzene rings is 2. The lowest BCUT2D eigenvalue weighted by molar-refractivity contribution is -0.143. The highest BCUT2D eigenvalue weighted by molar-refractivity contribution is 5.73. The van der Waals surface area contributed by atoms with Crippen molar-refractivity contribution in [2.24, 2.45) is 17.8 Å². The topological polar surface area (TPSA) is 43.8 Å². The number of nitrogens with zero attached hydrogens (tertiary/aromatic N) is 2. The van der Waals surface area contributed by atoms with Crippen LogP contribution in [0, 0.1) is 29.4 Å². The molecule has 2 aromatic rings. The zero-order chi connectivity index (χ0) is 25.8. The van der Waals surface area contributed by atoms with E-state index in [9.17, 15) is 18.7 Å². The zero-order valence-corrected chi connectivity index (χ0v) is 21.7. The van der Waals surface area contributed by atoms with Crippen molar-refractivity contribution in [1.82, 2.24) is 9.80 Å². The monoisotopic (exact) mass is 510 g/mol. The van der Waals surface area contributed by atoms with Gasteiger partial charge in [0.05, 0.1) is 0 Å². The summed E-state index contributed by atoms with van der Waals surface area (Å²) in [6, 6.07) is 13.3. The maximum Gasteiger partial charge on any atom is 0.320 e. The molecule has 6 heteroatoms. The number of aliphatic carboxylic acids is 1. The summed E-state index contributed by atoms with van der Waals surface area (Å²) in [4.78, 5) is 16.9. The van der Waals surface area contributed by atoms with Crippen molar-refractivity contribution in [2.75, 3.05) is 32.7 Å². The normalized spacial score (nSPS) is 24.4. The van der Waals surface area contributed by atoms with Gasteiger partial charge >= 0.3 is 5.97 Å². The molecule has 1 saturated carbocycles. The lowest BCUT2D eigenvalue weighted by Gasteiger charge is -2.35. The summed E-state index contributed by atoms with van der Waals surface area (Å²) in [6.07, 6.45) is 8.73. The highest BCUT2D eigenvalue weighted by Gasteiger charge is 2.42. The van der Waals surface area contributed by atoms with Crippen molar-refractivity contribution in [3.05, 3.63) is 71.3 Å². The minimum absolute atomic E-state index is 0.158. The second kappa shape index (κ2) is 12.0. The predicted octanol–water partition coefficient (Wildman–Crippen LogP) is 5.97. The first-order valence-electron chi connectivity index (χ1n) is 14.1. The Labute approximate surface area is 219 Å². The van der Waals surface area contributed by atoms with Gasteiger partial charge in [-0.1, -0.05) is 43.5 Å². The van der Waals surface area contributed by atoms with Gasteiger partial charge in [0.15, 0.2) is 0 Å². The number of likely N-dealkylation sites (tertiary alicyclic amines) is 2. The van der Waals surface area contributed by atoms with E-state index in [4.69, 9.17) is 0 Å². The molecule has 0 aromatic heterocycles. The average molecular weight is 511 g/mol. The quantitative estimate of drug-likeness (QED) is 0.405. The van der Waals surface area contributed by atoms with Crippen molar-refractivity contribution in [2.45, 2.75) is 63.3 Å². The fourth-order valence-electron chi connectivity index (χ4n) is 6.57. The molecule has 2 saturated heterocycles. The summed E-state index contributed by atoms with van der Waals surface area (Å²) in [5, 5.41) is 9.98. The molecule has 0 spiro atoms. The molecule has 1 N–H and O–H groups in total. The molecule has 0 amide bonds. The van der Waals surface area contributed by atoms with Crippen molar-refractivity contribution in [3.63, 3.8) is 0 Å². The van der Waals surface area contributed by atoms with Gasteiger partial charge in [0.1, 0.15) is 17.7 Å². The first-order valence-corrected chi connectivity index (χ1v) is 14.1. The summed E-state index contributed by atoms with van der Waals surface area (Å²) >= 11 is 0. The Morgan fingerprint density at radius 3 is 2.38 bits per heavy atom. The predicted molar refractivity (Wildman–Crippen MR) is 141 cm³/mol. The number of halogens is 2. The van der Waals surface area contributed by atoms with Crippen LogP contribution in [0.4, 0.5) is 8.78 Å². The van der Waals surface area contributed by atoms with Gasteiger partial charge in [0, 0.05) is 25.6 Å². The molecule has 3 aliphatic rings. The number of carboxylic acid groups (broad SMARTS) is 1. The summed E-state index contributed by atoms with van der Waals surface area (Å²) in [6.45, 7) is 4.53. The van der Waals surface area contributed by atoms with Crippen LogP contribution in [0.3, 0.4) is 0 Å². The highest BCUT2D eigenvalue weighted by atomic mass is 19.1. The highest BCUT2D eigenvalue weighted by Crippen LogP contribution is 2.39. The molecule has 2 aliphatic heterocycles. The molecule has 2 heterocycles. The molecule has 5 rings (SSSR count). The Morgan fingerprint density at radius 2 is 1.70 bits per heavy atom. The van der Waals surface area contributed by atoms with E-state index < -0.39 is 12.0 Å². The fraction of sp³-hybridized carbons (Fsp3) is 0.581. The standard InChI is InChI=1S/C31H40F2N2O2/c32-27-11-9-22(10-12-27)3-1-4-23-13-15-34(16-14-23)19-26-20-35(30(31(36)37)17-24-7-8-24)21-29(26)25-5-2-6-28(33)18-25/h2,5-6,9-12,18,23-24,26,29-30H,1,3-4,7-8,13-17,19-21H2,(H,36,37)/t26?,29?,30-/m1/s1. The first-order chi connectivity index (χ1) is 17.9. The Hall–Kier alpha value is -2.31. The number of carboxylic acids is 1. The Balaban J connectivity index is 1.16. The zero-order valence-electron chi connectivity index (χ0n) is 21.7. The van der Waals surface area contributed by atoms with Gasteiger partial charge < -0.3 is 10.0 Å². The summed E-state index contributed by atoms with van der Waals surface area (Å²) < 4.78 is 27.2. The lowest BCUT2D eigenvalue weighted by atomic mass is 9.86. The second-order valence-corrected chi connectivity index (χ2v) is 11.7. The van der Waals surface area contributed by atoms with Gasteiger partial charge in [-0.15, -0.1) is 0 Å². The van der Waals surface area contributed by atoms with Gasteiger partial charge in [0.25, 0.3) is 0 Å². The van der Waals surface area contributed by atoms with E-state index in [2.05, 4.69) is 9.80 Å². The smallest absolute Gasteiger partial charge is 0.320 e. The molecule has 37 heavy (non-hydrogen) atoms. The second-order valence-electron chi connectivity index (χ2n) is 11.7. The SMILES string of the molecule is O=C(O)[C@@H](CC1CC1)N1CC(CN2CCC(CCCc3ccc(F)cc3)CC2)C(c2cccc(F)c2)C1. The molecule has 0 bridgehead atoms. The van der Waals surface area contributed by atoms with Crippen LogP contribution in [0.5, 0.6) is 0 Å². The van der Waals surface area contributed by atoms with Crippen molar-refractivity contribution in [1.29, 1.82) is 0 Å². The maximum absolute atomic E-state index is 14.1. The Kier molecular flexibility index (Phi) is 8.56. The Bertz CT molecular complexity index is 1030. The molecule has 3 atom stereocenters. The molecule has 4 nitrogen and oxygen atoms in total. The van der Waals surface area contributed by atoms with Crippen molar-refractivity contribution in [3.8, 4) is 0 Å². The van der Waals surface area contributed by atoms with Crippen LogP contribution in [0.2, 0.25) is 0 Å². The van der Waals surface area contributed by atoms with Crippen LogP contribution in [0.25, 0.3) is 0 Å². The first kappa shape index (κ1) is 26.3. The van der Waals surface area contributed by atoms with Crippen LogP contribution in [0.15, 0.2) is 48.5 Å². The fourth-order valence-corrected chi connectivity index (χ4v) is 6.57. The van der Waals surface area contributed by atoms with E-state index >= 15 is 0 Å². The van der Waals surface area contributed by atoms with Crippen LogP contribution in [0.1, 0.15) is 62.0 Å². The summed E-state index contributed by atoms with van der Waals surface area (Å²) in [5.74, 6) is 0.627. The van der Waals surface area contributed by atoms with Gasteiger partial charge in [-0.05, 0) is 98.3 Å². The average Bonchev–Trinajstić information content (AvgIpc) is 3.62. The molecule has 0 radical (unpaired) electrons. The van der Waals surface area contributed by atoms with Gasteiger partial charge in [-0.2, -0.15) is 0 Å². The minimum Gasteiger partial charge on any atom is -0.480 e. The third-order valence-electron chi connectivity index (χ3n) is 8.92. The lowest BCUT2D eigenvalue weighted by Crippen LogP contribution is -2.41. The van der Waals surface area contributed by atoms with Crippen LogP contribution in [-0.4, -0.2) is 59.6 Å². The van der Waals surface area contributed by atoms with Gasteiger partial charge in [0.2, 0.25) is 0 Å². The third-order valence-corrected chi connectivity index (χ3v) is 8.92. The molecule has 1 aliphatic carbocycles. The van der Waals surface area contributed by atoms with Crippen molar-refractivity contribution < 1.29 is 18.7 Å². The molecule has 3 fully saturated rings. The number of rotatable bonds is 11. The largest absolute Gasteiger partial charge is 0.480 e. The molecule has 2 aromatic carbocycles. The van der Waals surface area contributed by atoms with Crippen LogP contribution >= 0.6 is 0 Å². The van der Waals surface area contributed by atoms with E-state index in [1.165, 1.54) is 30.9 Å². The number of carbonyl (C=O) groups is 1. The number of hydrogen-bond donors (Lipinski definition) is 1. The van der Waals surface area contributed by atoms with E-state index in [1.54, 1.807) is 24.3 Å². The molecule has 200 valence electrons. The van der Waals surface area contributed by atoms with Crippen LogP contribution < -0.4 is 0 Å². The third kappa shape index (κ3) is 7.17. The summed E-state index contributed by atoms with van der Waals surface area (Å²) in [7, 11) is 0. The van der Waals surface area contributed by atoms with Crippen molar-refractivity contribution >= 4 is 5.97 Å². The number of hydrogen-bond acceptors (Lipinski definition) is 3.